The van der Waals surface area contributed by atoms with E-state index in [4.69, 9.17) is 0 Å². The van der Waals surface area contributed by atoms with Crippen molar-refractivity contribution in [2.75, 3.05) is 10.6 Å². The number of hydrogen-bond donors (Lipinski definition) is 2. The first kappa shape index (κ1) is 11.3. The summed E-state index contributed by atoms with van der Waals surface area (Å²) < 4.78 is 4.64. The van der Waals surface area contributed by atoms with Gasteiger partial charge in [0.15, 0.2) is 5.82 Å². The number of carbonyl (C=O) groups excluding carboxylic acids is 1. The molecular formula is C14H11N3O2. The van der Waals surface area contributed by atoms with Crippen LogP contribution in [-0.4, -0.2) is 11.2 Å². The highest BCUT2D eigenvalue weighted by molar-refractivity contribution is 6.05. The zero-order valence-corrected chi connectivity index (χ0v) is 9.96. The quantitative estimate of drug-likeness (QED) is 0.734. The van der Waals surface area contributed by atoms with Gasteiger partial charge in [-0.2, -0.15) is 0 Å². The molecule has 19 heavy (non-hydrogen) atoms. The van der Waals surface area contributed by atoms with E-state index >= 15 is 0 Å². The Hall–Kier alpha value is -2.82. The Labute approximate surface area is 109 Å². The van der Waals surface area contributed by atoms with Crippen LogP contribution in [0.4, 0.5) is 16.3 Å². The summed E-state index contributed by atoms with van der Waals surface area (Å²) >= 11 is 0. The van der Waals surface area contributed by atoms with Gasteiger partial charge < -0.3 is 9.84 Å². The van der Waals surface area contributed by atoms with Gasteiger partial charge in [-0.1, -0.05) is 41.6 Å². The average Bonchev–Trinajstić information content (AvgIpc) is 2.92. The standard InChI is InChI=1S/C14H11N3O2/c18-14(16-13-8-9-19-17-13)15-12-7-3-5-10-4-1-2-6-11(10)12/h1-9H,(H2,15,16,17,18). The molecule has 0 radical (unpaired) electrons. The third-order valence-electron chi connectivity index (χ3n) is 2.72. The van der Waals surface area contributed by atoms with E-state index in [9.17, 15) is 4.79 Å². The van der Waals surface area contributed by atoms with Gasteiger partial charge >= 0.3 is 6.03 Å². The van der Waals surface area contributed by atoms with Crippen LogP contribution < -0.4 is 10.6 Å². The summed E-state index contributed by atoms with van der Waals surface area (Å²) in [4.78, 5) is 11.8. The van der Waals surface area contributed by atoms with Gasteiger partial charge in [0.05, 0.1) is 5.69 Å². The number of hydrogen-bond acceptors (Lipinski definition) is 3. The minimum atomic E-state index is -0.356. The van der Waals surface area contributed by atoms with Gasteiger partial charge in [-0.05, 0) is 11.5 Å². The first-order chi connectivity index (χ1) is 9.33. The van der Waals surface area contributed by atoms with Crippen molar-refractivity contribution >= 4 is 28.3 Å². The second-order valence-corrected chi connectivity index (χ2v) is 3.99. The van der Waals surface area contributed by atoms with E-state index in [-0.39, 0.29) is 6.03 Å². The van der Waals surface area contributed by atoms with Crippen molar-refractivity contribution < 1.29 is 9.32 Å². The molecule has 0 fully saturated rings. The van der Waals surface area contributed by atoms with Crippen LogP contribution in [-0.2, 0) is 0 Å². The van der Waals surface area contributed by atoms with Gasteiger partial charge in [-0.15, -0.1) is 0 Å². The molecule has 0 spiro atoms. The SMILES string of the molecule is O=C(Nc1ccon1)Nc1cccc2ccccc12. The van der Waals surface area contributed by atoms with Crippen LogP contribution in [0.1, 0.15) is 0 Å². The Kier molecular flexibility index (Phi) is 2.86. The highest BCUT2D eigenvalue weighted by Gasteiger charge is 2.06. The monoisotopic (exact) mass is 253 g/mol. The fourth-order valence-electron chi connectivity index (χ4n) is 1.88. The first-order valence-electron chi connectivity index (χ1n) is 5.79. The largest absolute Gasteiger partial charge is 0.363 e. The van der Waals surface area contributed by atoms with Gasteiger partial charge in [-0.3, -0.25) is 5.32 Å². The maximum Gasteiger partial charge on any atom is 0.324 e. The molecule has 0 aliphatic carbocycles. The second kappa shape index (κ2) is 4.81. The number of nitrogens with zero attached hydrogens (tertiary/aromatic N) is 1. The molecular weight excluding hydrogens is 242 g/mol. The third-order valence-corrected chi connectivity index (χ3v) is 2.72. The highest BCUT2D eigenvalue weighted by atomic mass is 16.5. The van der Waals surface area contributed by atoms with Crippen LogP contribution in [0, 0.1) is 0 Å². The molecule has 94 valence electrons. The molecule has 5 nitrogen and oxygen atoms in total. The summed E-state index contributed by atoms with van der Waals surface area (Å²) in [5.74, 6) is 0.373. The summed E-state index contributed by atoms with van der Waals surface area (Å²) in [6, 6.07) is 14.8. The zero-order chi connectivity index (χ0) is 13.1. The zero-order valence-electron chi connectivity index (χ0n) is 9.96. The molecule has 2 amide bonds. The van der Waals surface area contributed by atoms with Crippen LogP contribution in [0.15, 0.2) is 59.3 Å². The van der Waals surface area contributed by atoms with Crippen molar-refractivity contribution in [1.29, 1.82) is 0 Å². The van der Waals surface area contributed by atoms with Gasteiger partial charge in [0, 0.05) is 11.5 Å². The molecule has 0 aliphatic heterocycles. The average molecular weight is 253 g/mol. The molecule has 0 atom stereocenters. The number of anilines is 2. The van der Waals surface area contributed by atoms with E-state index in [1.54, 1.807) is 6.07 Å². The molecule has 0 saturated heterocycles. The van der Waals surface area contributed by atoms with E-state index in [0.717, 1.165) is 16.5 Å². The molecule has 0 saturated carbocycles. The summed E-state index contributed by atoms with van der Waals surface area (Å²) in [5.41, 5.74) is 0.749. The maximum absolute atomic E-state index is 11.8. The van der Waals surface area contributed by atoms with Crippen molar-refractivity contribution in [3.63, 3.8) is 0 Å². The predicted molar refractivity (Wildman–Crippen MR) is 73.1 cm³/mol. The second-order valence-electron chi connectivity index (χ2n) is 3.99. The van der Waals surface area contributed by atoms with Crippen molar-refractivity contribution in [3.8, 4) is 0 Å². The van der Waals surface area contributed by atoms with Gasteiger partial charge in [-0.25, -0.2) is 4.79 Å². The number of urea groups is 1. The third kappa shape index (κ3) is 2.40. The fourth-order valence-corrected chi connectivity index (χ4v) is 1.88. The van der Waals surface area contributed by atoms with E-state index in [2.05, 4.69) is 20.3 Å². The number of nitrogens with one attached hydrogen (secondary N) is 2. The smallest absolute Gasteiger partial charge is 0.324 e. The van der Waals surface area contributed by atoms with E-state index < -0.39 is 0 Å². The summed E-state index contributed by atoms with van der Waals surface area (Å²) in [6.07, 6.45) is 1.40. The Balaban J connectivity index is 1.83. The number of benzene rings is 2. The van der Waals surface area contributed by atoms with Crippen LogP contribution in [0.3, 0.4) is 0 Å². The summed E-state index contributed by atoms with van der Waals surface area (Å²) in [5, 5.41) is 11.0. The Bertz CT molecular complexity index is 702. The number of amides is 2. The molecule has 1 aromatic heterocycles. The van der Waals surface area contributed by atoms with Gasteiger partial charge in [0.1, 0.15) is 6.26 Å². The van der Waals surface area contributed by atoms with Crippen LogP contribution in [0.5, 0.6) is 0 Å². The van der Waals surface area contributed by atoms with Crippen molar-refractivity contribution in [3.05, 3.63) is 54.8 Å². The minimum Gasteiger partial charge on any atom is -0.363 e. The van der Waals surface area contributed by atoms with Crippen LogP contribution >= 0.6 is 0 Å². The predicted octanol–water partition coefficient (Wildman–Crippen LogP) is 3.47. The fraction of sp³-hybridized carbons (Fsp3) is 0. The Morgan fingerprint density at radius 2 is 1.84 bits per heavy atom. The molecule has 2 aromatic carbocycles. The van der Waals surface area contributed by atoms with E-state index in [1.165, 1.54) is 6.26 Å². The lowest BCUT2D eigenvalue weighted by molar-refractivity contribution is 0.262. The highest BCUT2D eigenvalue weighted by Crippen LogP contribution is 2.22. The van der Waals surface area contributed by atoms with Gasteiger partial charge in [0.25, 0.3) is 0 Å². The lowest BCUT2D eigenvalue weighted by atomic mass is 10.1. The van der Waals surface area contributed by atoms with E-state index in [1.807, 2.05) is 42.5 Å². The topological polar surface area (TPSA) is 67.2 Å². The molecule has 3 rings (SSSR count). The Morgan fingerprint density at radius 3 is 2.68 bits per heavy atom. The van der Waals surface area contributed by atoms with Crippen LogP contribution in [0.2, 0.25) is 0 Å². The van der Waals surface area contributed by atoms with Crippen molar-refractivity contribution in [2.45, 2.75) is 0 Å². The van der Waals surface area contributed by atoms with Gasteiger partial charge in [0.2, 0.25) is 0 Å². The molecule has 5 heteroatoms. The first-order valence-corrected chi connectivity index (χ1v) is 5.79. The molecule has 2 N–H and O–H groups in total. The van der Waals surface area contributed by atoms with Crippen molar-refractivity contribution in [1.82, 2.24) is 5.16 Å². The molecule has 0 unspecified atom stereocenters. The molecule has 3 aromatic rings. The lowest BCUT2D eigenvalue weighted by Gasteiger charge is -2.08. The molecule has 1 heterocycles. The number of rotatable bonds is 2. The summed E-state index contributed by atoms with van der Waals surface area (Å²) in [7, 11) is 0. The minimum absolute atomic E-state index is 0.356. The Morgan fingerprint density at radius 1 is 1.00 bits per heavy atom. The summed E-state index contributed by atoms with van der Waals surface area (Å²) in [6.45, 7) is 0. The van der Waals surface area contributed by atoms with E-state index in [0.29, 0.717) is 5.82 Å². The molecule has 0 bridgehead atoms. The maximum atomic E-state index is 11.8. The lowest BCUT2D eigenvalue weighted by Crippen LogP contribution is -2.19. The van der Waals surface area contributed by atoms with Crippen molar-refractivity contribution in [2.24, 2.45) is 0 Å². The van der Waals surface area contributed by atoms with Crippen LogP contribution in [0.25, 0.3) is 10.8 Å². The normalized spacial score (nSPS) is 10.3. The number of aromatic nitrogens is 1. The number of carbonyl (C=O) groups is 1. The molecule has 0 aliphatic rings. The number of fused-ring (bicyclic) bond motifs is 1.